The molecule has 0 aliphatic carbocycles. The first-order valence-corrected chi connectivity index (χ1v) is 5.56. The molecule has 1 atom stereocenters. The molecular formula is C11H18N2O2. The third-order valence-corrected chi connectivity index (χ3v) is 2.64. The fourth-order valence-electron chi connectivity index (χ4n) is 1.81. The van der Waals surface area contributed by atoms with Crippen LogP contribution in [0, 0.1) is 11.3 Å². The summed E-state index contributed by atoms with van der Waals surface area (Å²) in [5.41, 5.74) is 0. The van der Waals surface area contributed by atoms with E-state index in [9.17, 15) is 4.79 Å². The van der Waals surface area contributed by atoms with Gasteiger partial charge in [0.2, 0.25) is 5.91 Å². The van der Waals surface area contributed by atoms with E-state index >= 15 is 0 Å². The molecule has 4 heteroatoms. The first-order valence-electron chi connectivity index (χ1n) is 5.56. The molecule has 4 nitrogen and oxygen atoms in total. The first-order chi connectivity index (χ1) is 7.29. The lowest BCUT2D eigenvalue weighted by molar-refractivity contribution is -0.134. The van der Waals surface area contributed by atoms with Crippen LogP contribution >= 0.6 is 0 Å². The zero-order valence-electron chi connectivity index (χ0n) is 9.24. The number of amides is 1. The van der Waals surface area contributed by atoms with Crippen LogP contribution in [0.2, 0.25) is 0 Å². The minimum absolute atomic E-state index is 0.0506. The molecule has 0 radical (unpaired) electrons. The molecule has 0 N–H and O–H groups in total. The Morgan fingerprint density at radius 3 is 3.07 bits per heavy atom. The second kappa shape index (κ2) is 6.41. The van der Waals surface area contributed by atoms with Gasteiger partial charge in [-0.05, 0) is 26.2 Å². The Balaban J connectivity index is 2.39. The number of hydrogen-bond acceptors (Lipinski definition) is 3. The summed E-state index contributed by atoms with van der Waals surface area (Å²) in [7, 11) is 0. The van der Waals surface area contributed by atoms with Gasteiger partial charge in [-0.2, -0.15) is 5.26 Å². The van der Waals surface area contributed by atoms with Gasteiger partial charge in [0.15, 0.2) is 0 Å². The first kappa shape index (κ1) is 12.0. The van der Waals surface area contributed by atoms with E-state index in [0.717, 1.165) is 25.8 Å². The molecule has 1 rings (SSSR count). The van der Waals surface area contributed by atoms with Crippen LogP contribution in [-0.4, -0.2) is 36.6 Å². The number of carbonyl (C=O) groups excluding carboxylic acids is 1. The molecule has 1 saturated heterocycles. The molecule has 1 aliphatic rings. The molecule has 1 fully saturated rings. The smallest absolute Gasteiger partial charge is 0.225 e. The summed E-state index contributed by atoms with van der Waals surface area (Å²) in [6.07, 6.45) is 3.27. The third kappa shape index (κ3) is 3.52. The van der Waals surface area contributed by atoms with Crippen LogP contribution in [0.25, 0.3) is 0 Å². The summed E-state index contributed by atoms with van der Waals surface area (Å²) in [5.74, 6) is 0.0506. The predicted molar refractivity (Wildman–Crippen MR) is 56.1 cm³/mol. The molecule has 0 bridgehead atoms. The van der Waals surface area contributed by atoms with Gasteiger partial charge in [-0.1, -0.05) is 0 Å². The van der Waals surface area contributed by atoms with Gasteiger partial charge in [0, 0.05) is 13.2 Å². The van der Waals surface area contributed by atoms with E-state index in [1.54, 1.807) is 4.90 Å². The van der Waals surface area contributed by atoms with Crippen molar-refractivity contribution in [3.8, 4) is 6.07 Å². The fraction of sp³-hybridized carbons (Fsp3) is 0.818. The lowest BCUT2D eigenvalue weighted by Crippen LogP contribution is -2.43. The van der Waals surface area contributed by atoms with Crippen molar-refractivity contribution in [3.05, 3.63) is 0 Å². The number of nitriles is 1. The zero-order chi connectivity index (χ0) is 11.1. The van der Waals surface area contributed by atoms with Gasteiger partial charge in [0.05, 0.1) is 19.1 Å². The Kier molecular flexibility index (Phi) is 5.13. The Hall–Kier alpha value is -1.08. The molecule has 1 amide bonds. The highest BCUT2D eigenvalue weighted by Gasteiger charge is 2.25. The van der Waals surface area contributed by atoms with Crippen molar-refractivity contribution in [2.24, 2.45) is 0 Å². The van der Waals surface area contributed by atoms with Gasteiger partial charge in [-0.25, -0.2) is 0 Å². The minimum Gasteiger partial charge on any atom is -0.381 e. The Bertz CT molecular complexity index is 247. The number of carbonyl (C=O) groups is 1. The average molecular weight is 210 g/mol. The molecular weight excluding hydrogens is 192 g/mol. The quantitative estimate of drug-likeness (QED) is 0.657. The van der Waals surface area contributed by atoms with Gasteiger partial charge in [0.1, 0.15) is 6.04 Å². The van der Waals surface area contributed by atoms with E-state index < -0.39 is 0 Å². The molecule has 0 spiro atoms. The SMILES string of the molecule is CCOCCC(=O)N1CCCCC1C#N. The summed E-state index contributed by atoms with van der Waals surface area (Å²) >= 11 is 0. The van der Waals surface area contributed by atoms with Gasteiger partial charge >= 0.3 is 0 Å². The number of piperidine rings is 1. The van der Waals surface area contributed by atoms with E-state index in [-0.39, 0.29) is 11.9 Å². The lowest BCUT2D eigenvalue weighted by atomic mass is 10.0. The molecule has 15 heavy (non-hydrogen) atoms. The maximum absolute atomic E-state index is 11.7. The van der Waals surface area contributed by atoms with E-state index in [0.29, 0.717) is 19.6 Å². The summed E-state index contributed by atoms with van der Waals surface area (Å²) in [6.45, 7) is 3.73. The summed E-state index contributed by atoms with van der Waals surface area (Å²) in [5, 5.41) is 8.91. The second-order valence-corrected chi connectivity index (χ2v) is 3.67. The Morgan fingerprint density at radius 1 is 1.60 bits per heavy atom. The summed E-state index contributed by atoms with van der Waals surface area (Å²) in [6, 6.07) is 1.97. The summed E-state index contributed by atoms with van der Waals surface area (Å²) in [4.78, 5) is 13.4. The fourth-order valence-corrected chi connectivity index (χ4v) is 1.81. The maximum Gasteiger partial charge on any atom is 0.225 e. The molecule has 0 aromatic heterocycles. The van der Waals surface area contributed by atoms with Crippen LogP contribution in [0.15, 0.2) is 0 Å². The van der Waals surface area contributed by atoms with Crippen molar-refractivity contribution in [3.63, 3.8) is 0 Å². The van der Waals surface area contributed by atoms with Crippen LogP contribution < -0.4 is 0 Å². The van der Waals surface area contributed by atoms with Crippen LogP contribution in [0.4, 0.5) is 0 Å². The van der Waals surface area contributed by atoms with Crippen molar-refractivity contribution in [2.45, 2.75) is 38.6 Å². The predicted octanol–water partition coefficient (Wildman–Crippen LogP) is 1.32. The highest BCUT2D eigenvalue weighted by molar-refractivity contribution is 5.77. The molecule has 0 saturated carbocycles. The van der Waals surface area contributed by atoms with E-state index in [4.69, 9.17) is 10.00 Å². The van der Waals surface area contributed by atoms with Gasteiger partial charge in [-0.3, -0.25) is 4.79 Å². The van der Waals surface area contributed by atoms with Crippen LogP contribution in [0.5, 0.6) is 0 Å². The normalized spacial score (nSPS) is 21.1. The lowest BCUT2D eigenvalue weighted by Gasteiger charge is -2.31. The number of hydrogen-bond donors (Lipinski definition) is 0. The van der Waals surface area contributed by atoms with Gasteiger partial charge in [-0.15, -0.1) is 0 Å². The minimum atomic E-state index is -0.215. The van der Waals surface area contributed by atoms with E-state index in [2.05, 4.69) is 6.07 Å². The number of rotatable bonds is 4. The highest BCUT2D eigenvalue weighted by atomic mass is 16.5. The topological polar surface area (TPSA) is 53.3 Å². The number of ether oxygens (including phenoxy) is 1. The maximum atomic E-state index is 11.7. The highest BCUT2D eigenvalue weighted by Crippen LogP contribution is 2.17. The monoisotopic (exact) mass is 210 g/mol. The van der Waals surface area contributed by atoms with E-state index in [1.807, 2.05) is 6.92 Å². The van der Waals surface area contributed by atoms with Crippen molar-refractivity contribution in [1.82, 2.24) is 4.90 Å². The zero-order valence-corrected chi connectivity index (χ0v) is 9.24. The summed E-state index contributed by atoms with van der Waals surface area (Å²) < 4.78 is 5.13. The van der Waals surface area contributed by atoms with E-state index in [1.165, 1.54) is 0 Å². The molecule has 1 heterocycles. The largest absolute Gasteiger partial charge is 0.381 e. The Morgan fingerprint density at radius 2 is 2.40 bits per heavy atom. The van der Waals surface area contributed by atoms with Crippen LogP contribution in [0.1, 0.15) is 32.6 Å². The standard InChI is InChI=1S/C11H18N2O2/c1-2-15-8-6-11(14)13-7-4-3-5-10(13)9-12/h10H,2-8H2,1H3. The van der Waals surface area contributed by atoms with Crippen molar-refractivity contribution >= 4 is 5.91 Å². The Labute approximate surface area is 90.8 Å². The van der Waals surface area contributed by atoms with Crippen molar-refractivity contribution in [2.75, 3.05) is 19.8 Å². The number of nitrogens with zero attached hydrogens (tertiary/aromatic N) is 2. The molecule has 1 aliphatic heterocycles. The van der Waals surface area contributed by atoms with Gasteiger partial charge < -0.3 is 9.64 Å². The number of likely N-dealkylation sites (tertiary alicyclic amines) is 1. The molecule has 0 aromatic rings. The molecule has 0 aromatic carbocycles. The third-order valence-electron chi connectivity index (χ3n) is 2.64. The van der Waals surface area contributed by atoms with Crippen molar-refractivity contribution in [1.29, 1.82) is 5.26 Å². The van der Waals surface area contributed by atoms with Gasteiger partial charge in [0.25, 0.3) is 0 Å². The molecule has 84 valence electrons. The molecule has 1 unspecified atom stereocenters. The van der Waals surface area contributed by atoms with Crippen molar-refractivity contribution < 1.29 is 9.53 Å². The van der Waals surface area contributed by atoms with Crippen LogP contribution in [0.3, 0.4) is 0 Å². The second-order valence-electron chi connectivity index (χ2n) is 3.67. The van der Waals surface area contributed by atoms with Crippen LogP contribution in [-0.2, 0) is 9.53 Å². The average Bonchev–Trinajstić information content (AvgIpc) is 2.29.